The summed E-state index contributed by atoms with van der Waals surface area (Å²) in [5.41, 5.74) is 1.72. The van der Waals surface area contributed by atoms with Gasteiger partial charge in [-0.2, -0.15) is 0 Å². The van der Waals surface area contributed by atoms with Crippen LogP contribution in [-0.2, 0) is 5.41 Å². The molecule has 0 aromatic heterocycles. The molecule has 0 aliphatic heterocycles. The van der Waals surface area contributed by atoms with Gasteiger partial charge in [0.1, 0.15) is 0 Å². The van der Waals surface area contributed by atoms with Crippen molar-refractivity contribution in [2.24, 2.45) is 4.99 Å². The van der Waals surface area contributed by atoms with E-state index < -0.39 is 0 Å². The predicted octanol–water partition coefficient (Wildman–Crippen LogP) is 3.06. The van der Waals surface area contributed by atoms with Gasteiger partial charge in [0.15, 0.2) is 5.96 Å². The number of hydrogen-bond acceptors (Lipinski definition) is 1. The second-order valence-electron chi connectivity index (χ2n) is 5.14. The Hall–Kier alpha value is -1.03. The Balaban J connectivity index is 1.95. The third-order valence-corrected chi connectivity index (χ3v) is 4.14. The molecule has 0 atom stereocenters. The van der Waals surface area contributed by atoms with Crippen LogP contribution >= 0.6 is 15.9 Å². The van der Waals surface area contributed by atoms with Gasteiger partial charge in [-0.05, 0) is 37.0 Å². The van der Waals surface area contributed by atoms with E-state index in [-0.39, 0.29) is 0 Å². The van der Waals surface area contributed by atoms with Crippen molar-refractivity contribution in [2.75, 3.05) is 20.1 Å². The molecule has 0 saturated heterocycles. The topological polar surface area (TPSA) is 36.4 Å². The average molecular weight is 324 g/mol. The van der Waals surface area contributed by atoms with E-state index in [0.717, 1.165) is 29.9 Å². The van der Waals surface area contributed by atoms with Crippen LogP contribution in [0, 0.1) is 0 Å². The van der Waals surface area contributed by atoms with Crippen molar-refractivity contribution < 1.29 is 0 Å². The maximum absolute atomic E-state index is 4.25. The molecule has 0 radical (unpaired) electrons. The van der Waals surface area contributed by atoms with Crippen molar-refractivity contribution in [1.29, 1.82) is 0 Å². The van der Waals surface area contributed by atoms with E-state index in [4.69, 9.17) is 0 Å². The first-order chi connectivity index (χ1) is 9.20. The Morgan fingerprint density at radius 3 is 2.74 bits per heavy atom. The normalized spacial score (nSPS) is 17.1. The lowest BCUT2D eigenvalue weighted by Crippen LogP contribution is -2.41. The van der Waals surface area contributed by atoms with Crippen molar-refractivity contribution in [2.45, 2.75) is 31.6 Å². The van der Waals surface area contributed by atoms with Gasteiger partial charge in [-0.25, -0.2) is 0 Å². The fraction of sp³-hybridized carbons (Fsp3) is 0.533. The maximum Gasteiger partial charge on any atom is 0.191 e. The highest BCUT2D eigenvalue weighted by atomic mass is 79.9. The molecular formula is C15H22BrN3. The third kappa shape index (κ3) is 3.72. The molecule has 0 heterocycles. The smallest absolute Gasteiger partial charge is 0.191 e. The second kappa shape index (κ2) is 6.42. The summed E-state index contributed by atoms with van der Waals surface area (Å²) in [6.45, 7) is 4.07. The molecule has 0 bridgehead atoms. The highest BCUT2D eigenvalue weighted by Gasteiger charge is 2.44. The molecular weight excluding hydrogens is 302 g/mol. The molecule has 2 N–H and O–H groups in total. The standard InChI is InChI=1S/C15H22BrN3/c1-3-9-18-14(17-2)19-11-15(7-8-15)12-5-4-6-13(16)10-12/h4-6,10H,3,7-9,11H2,1-2H3,(H2,17,18,19). The van der Waals surface area contributed by atoms with E-state index in [0.29, 0.717) is 5.41 Å². The Labute approximate surface area is 124 Å². The molecule has 2 rings (SSSR count). The zero-order valence-electron chi connectivity index (χ0n) is 11.7. The quantitative estimate of drug-likeness (QED) is 0.645. The Kier molecular flexibility index (Phi) is 4.86. The van der Waals surface area contributed by atoms with Crippen LogP contribution in [0.5, 0.6) is 0 Å². The molecule has 0 amide bonds. The van der Waals surface area contributed by atoms with Crippen LogP contribution in [0.3, 0.4) is 0 Å². The van der Waals surface area contributed by atoms with Gasteiger partial charge in [0.2, 0.25) is 0 Å². The minimum Gasteiger partial charge on any atom is -0.356 e. The lowest BCUT2D eigenvalue weighted by molar-refractivity contribution is 0.644. The van der Waals surface area contributed by atoms with Crippen LogP contribution in [-0.4, -0.2) is 26.1 Å². The van der Waals surface area contributed by atoms with Gasteiger partial charge in [0.25, 0.3) is 0 Å². The van der Waals surface area contributed by atoms with Gasteiger partial charge < -0.3 is 10.6 Å². The summed E-state index contributed by atoms with van der Waals surface area (Å²) >= 11 is 3.55. The summed E-state index contributed by atoms with van der Waals surface area (Å²) in [6, 6.07) is 8.65. The van der Waals surface area contributed by atoms with E-state index in [1.165, 1.54) is 18.4 Å². The zero-order valence-corrected chi connectivity index (χ0v) is 13.3. The molecule has 1 aliphatic carbocycles. The van der Waals surface area contributed by atoms with E-state index in [9.17, 15) is 0 Å². The molecule has 1 aromatic rings. The third-order valence-electron chi connectivity index (χ3n) is 3.65. The Morgan fingerprint density at radius 1 is 1.37 bits per heavy atom. The van der Waals surface area contributed by atoms with Crippen LogP contribution in [0.1, 0.15) is 31.7 Å². The molecule has 1 aliphatic rings. The molecule has 104 valence electrons. The zero-order chi connectivity index (χ0) is 13.7. The summed E-state index contributed by atoms with van der Waals surface area (Å²) in [5, 5.41) is 6.76. The van der Waals surface area contributed by atoms with Crippen molar-refractivity contribution in [1.82, 2.24) is 10.6 Å². The molecule has 0 unspecified atom stereocenters. The van der Waals surface area contributed by atoms with Gasteiger partial charge in [-0.3, -0.25) is 4.99 Å². The SMILES string of the molecule is CCCNC(=NC)NCC1(c2cccc(Br)c2)CC1. The fourth-order valence-corrected chi connectivity index (χ4v) is 2.65. The number of aliphatic imine (C=N–C) groups is 1. The van der Waals surface area contributed by atoms with Gasteiger partial charge in [0.05, 0.1) is 0 Å². The molecule has 3 nitrogen and oxygen atoms in total. The summed E-state index contributed by atoms with van der Waals surface area (Å²) in [4.78, 5) is 4.25. The van der Waals surface area contributed by atoms with Crippen molar-refractivity contribution in [3.8, 4) is 0 Å². The second-order valence-corrected chi connectivity index (χ2v) is 6.06. The largest absolute Gasteiger partial charge is 0.356 e. The summed E-state index contributed by atoms with van der Waals surface area (Å²) < 4.78 is 1.16. The lowest BCUT2D eigenvalue weighted by atomic mass is 9.96. The van der Waals surface area contributed by atoms with Gasteiger partial charge in [-0.15, -0.1) is 0 Å². The first kappa shape index (κ1) is 14.4. The van der Waals surface area contributed by atoms with Gasteiger partial charge in [0, 0.05) is 30.0 Å². The number of nitrogens with one attached hydrogen (secondary N) is 2. The van der Waals surface area contributed by atoms with Crippen LogP contribution in [0.15, 0.2) is 33.7 Å². The maximum atomic E-state index is 4.25. The molecule has 1 saturated carbocycles. The minimum atomic E-state index is 0.299. The predicted molar refractivity (Wildman–Crippen MR) is 84.7 cm³/mol. The molecule has 0 spiro atoms. The highest BCUT2D eigenvalue weighted by Crippen LogP contribution is 2.48. The van der Waals surface area contributed by atoms with Gasteiger partial charge in [-0.1, -0.05) is 35.0 Å². The summed E-state index contributed by atoms with van der Waals surface area (Å²) in [5.74, 6) is 0.906. The number of benzene rings is 1. The monoisotopic (exact) mass is 323 g/mol. The molecule has 19 heavy (non-hydrogen) atoms. The number of rotatable bonds is 5. The Morgan fingerprint density at radius 2 is 2.16 bits per heavy atom. The fourth-order valence-electron chi connectivity index (χ4n) is 2.25. The van der Waals surface area contributed by atoms with Crippen molar-refractivity contribution in [3.05, 3.63) is 34.3 Å². The number of guanidine groups is 1. The summed E-state index contributed by atoms with van der Waals surface area (Å²) in [7, 11) is 1.82. The molecule has 1 aromatic carbocycles. The van der Waals surface area contributed by atoms with Crippen molar-refractivity contribution >= 4 is 21.9 Å². The minimum absolute atomic E-state index is 0.299. The molecule has 1 fully saturated rings. The van der Waals surface area contributed by atoms with E-state index in [1.807, 2.05) is 7.05 Å². The van der Waals surface area contributed by atoms with Crippen LogP contribution in [0.25, 0.3) is 0 Å². The Bertz CT molecular complexity index is 452. The van der Waals surface area contributed by atoms with Crippen LogP contribution in [0.2, 0.25) is 0 Å². The molecule has 4 heteroatoms. The van der Waals surface area contributed by atoms with Crippen molar-refractivity contribution in [3.63, 3.8) is 0 Å². The highest BCUT2D eigenvalue weighted by molar-refractivity contribution is 9.10. The number of nitrogens with zero attached hydrogens (tertiary/aromatic N) is 1. The number of hydrogen-bond donors (Lipinski definition) is 2. The lowest BCUT2D eigenvalue weighted by Gasteiger charge is -2.19. The average Bonchev–Trinajstić information content (AvgIpc) is 3.20. The van der Waals surface area contributed by atoms with E-state index >= 15 is 0 Å². The van der Waals surface area contributed by atoms with Crippen LogP contribution < -0.4 is 10.6 Å². The first-order valence-corrected chi connectivity index (χ1v) is 7.70. The first-order valence-electron chi connectivity index (χ1n) is 6.91. The van der Waals surface area contributed by atoms with Gasteiger partial charge >= 0.3 is 0 Å². The van der Waals surface area contributed by atoms with E-state index in [2.05, 4.69) is 62.7 Å². The van der Waals surface area contributed by atoms with Crippen LogP contribution in [0.4, 0.5) is 0 Å². The van der Waals surface area contributed by atoms with E-state index in [1.54, 1.807) is 0 Å². The summed E-state index contributed by atoms with van der Waals surface area (Å²) in [6.07, 6.45) is 3.61. The number of halogens is 1.